The smallest absolute Gasteiger partial charge is 0.251 e. The van der Waals surface area contributed by atoms with E-state index in [0.717, 1.165) is 11.1 Å². The van der Waals surface area contributed by atoms with Gasteiger partial charge in [0.15, 0.2) is 0 Å². The molecule has 0 aliphatic carbocycles. The van der Waals surface area contributed by atoms with Gasteiger partial charge in [-0.3, -0.25) is 9.59 Å². The van der Waals surface area contributed by atoms with Gasteiger partial charge in [0, 0.05) is 37.7 Å². The Hall–Kier alpha value is -3.02. The number of likely N-dealkylation sites (N-methyl/N-ethyl adjacent to an activating group) is 1. The Labute approximate surface area is 159 Å². The van der Waals surface area contributed by atoms with Crippen molar-refractivity contribution in [1.29, 1.82) is 0 Å². The number of methoxy groups -OCH3 is 2. The molecule has 6 nitrogen and oxygen atoms in total. The first-order chi connectivity index (χ1) is 13.0. The SMILES string of the molecule is COc1cc(OC)cc(-c2ccc(C(=O)N[C@@H]3CCC(=O)N(C)C3)cc2)c1. The van der Waals surface area contributed by atoms with Gasteiger partial charge >= 0.3 is 0 Å². The van der Waals surface area contributed by atoms with E-state index in [1.807, 2.05) is 30.3 Å². The van der Waals surface area contributed by atoms with Gasteiger partial charge in [-0.2, -0.15) is 0 Å². The van der Waals surface area contributed by atoms with Gasteiger partial charge in [-0.1, -0.05) is 12.1 Å². The van der Waals surface area contributed by atoms with Crippen LogP contribution < -0.4 is 14.8 Å². The zero-order valence-electron chi connectivity index (χ0n) is 15.8. The Kier molecular flexibility index (Phi) is 5.64. The molecule has 2 amide bonds. The topological polar surface area (TPSA) is 67.9 Å². The summed E-state index contributed by atoms with van der Waals surface area (Å²) in [5, 5.41) is 3.01. The van der Waals surface area contributed by atoms with Crippen LogP contribution in [0.5, 0.6) is 11.5 Å². The van der Waals surface area contributed by atoms with Gasteiger partial charge in [-0.25, -0.2) is 0 Å². The Morgan fingerprint density at radius 2 is 1.67 bits per heavy atom. The van der Waals surface area contributed by atoms with Crippen LogP contribution in [0.15, 0.2) is 42.5 Å². The lowest BCUT2D eigenvalue weighted by Crippen LogP contribution is -2.48. The van der Waals surface area contributed by atoms with Gasteiger partial charge in [-0.05, 0) is 41.8 Å². The molecule has 1 heterocycles. The number of hydrogen-bond acceptors (Lipinski definition) is 4. The summed E-state index contributed by atoms with van der Waals surface area (Å²) in [5.74, 6) is 1.42. The van der Waals surface area contributed by atoms with E-state index in [9.17, 15) is 9.59 Å². The van der Waals surface area contributed by atoms with Crippen LogP contribution in [-0.2, 0) is 4.79 Å². The molecule has 6 heteroatoms. The van der Waals surface area contributed by atoms with E-state index in [-0.39, 0.29) is 17.9 Å². The Balaban J connectivity index is 1.72. The highest BCUT2D eigenvalue weighted by molar-refractivity contribution is 5.95. The minimum atomic E-state index is -0.127. The van der Waals surface area contributed by atoms with Crippen LogP contribution in [0.25, 0.3) is 11.1 Å². The number of piperidine rings is 1. The number of nitrogens with one attached hydrogen (secondary N) is 1. The minimum absolute atomic E-state index is 0.0116. The molecule has 2 aromatic carbocycles. The summed E-state index contributed by atoms with van der Waals surface area (Å²) in [6.07, 6.45) is 1.15. The third kappa shape index (κ3) is 4.39. The standard InChI is InChI=1S/C21H24N2O4/c1-23-13-17(8-9-20(23)24)22-21(25)15-6-4-14(5-7-15)16-10-18(26-2)12-19(11-16)27-3/h4-7,10-12,17H,8-9,13H2,1-3H3,(H,22,25)/t17-/m1/s1. The fourth-order valence-electron chi connectivity index (χ4n) is 3.19. The average Bonchev–Trinajstić information content (AvgIpc) is 2.70. The fourth-order valence-corrected chi connectivity index (χ4v) is 3.19. The molecular formula is C21H24N2O4. The lowest BCUT2D eigenvalue weighted by molar-refractivity contribution is -0.132. The van der Waals surface area contributed by atoms with E-state index in [2.05, 4.69) is 5.32 Å². The second-order valence-corrected chi connectivity index (χ2v) is 6.66. The summed E-state index contributed by atoms with van der Waals surface area (Å²) in [7, 11) is 4.99. The number of carbonyl (C=O) groups excluding carboxylic acids is 2. The predicted molar refractivity (Wildman–Crippen MR) is 103 cm³/mol. The number of carbonyl (C=O) groups is 2. The third-order valence-electron chi connectivity index (χ3n) is 4.79. The van der Waals surface area contributed by atoms with Crippen molar-refractivity contribution in [3.05, 3.63) is 48.0 Å². The van der Waals surface area contributed by atoms with Crippen molar-refractivity contribution in [3.63, 3.8) is 0 Å². The molecule has 0 spiro atoms. The predicted octanol–water partition coefficient (Wildman–Crippen LogP) is 2.72. The second-order valence-electron chi connectivity index (χ2n) is 6.66. The summed E-state index contributed by atoms with van der Waals surface area (Å²) in [6.45, 7) is 0.548. The summed E-state index contributed by atoms with van der Waals surface area (Å²) in [6, 6.07) is 13.1. The normalized spacial score (nSPS) is 16.8. The molecule has 1 aliphatic heterocycles. The zero-order valence-corrected chi connectivity index (χ0v) is 15.8. The van der Waals surface area contributed by atoms with E-state index < -0.39 is 0 Å². The van der Waals surface area contributed by atoms with Crippen molar-refractivity contribution in [2.24, 2.45) is 0 Å². The number of nitrogens with zero attached hydrogens (tertiary/aromatic N) is 1. The average molecular weight is 368 g/mol. The van der Waals surface area contributed by atoms with Gasteiger partial charge in [0.05, 0.1) is 14.2 Å². The largest absolute Gasteiger partial charge is 0.497 e. The second kappa shape index (κ2) is 8.12. The summed E-state index contributed by atoms with van der Waals surface area (Å²) < 4.78 is 10.6. The maximum Gasteiger partial charge on any atom is 0.251 e. The van der Waals surface area contributed by atoms with Crippen molar-refractivity contribution in [2.75, 3.05) is 27.8 Å². The molecule has 0 aromatic heterocycles. The molecule has 2 aromatic rings. The monoisotopic (exact) mass is 368 g/mol. The van der Waals surface area contributed by atoms with Crippen LogP contribution in [0.3, 0.4) is 0 Å². The molecular weight excluding hydrogens is 344 g/mol. The number of benzene rings is 2. The molecule has 1 saturated heterocycles. The summed E-state index contributed by atoms with van der Waals surface area (Å²) in [4.78, 5) is 25.7. The maximum absolute atomic E-state index is 12.5. The van der Waals surface area contributed by atoms with Crippen LogP contribution in [0.1, 0.15) is 23.2 Å². The first-order valence-corrected chi connectivity index (χ1v) is 8.88. The Bertz CT molecular complexity index is 810. The van der Waals surface area contributed by atoms with Crippen molar-refractivity contribution >= 4 is 11.8 Å². The maximum atomic E-state index is 12.5. The van der Waals surface area contributed by atoms with Crippen LogP contribution in [0, 0.1) is 0 Å². The fraction of sp³-hybridized carbons (Fsp3) is 0.333. The van der Waals surface area contributed by atoms with Crippen LogP contribution in [0.2, 0.25) is 0 Å². The van der Waals surface area contributed by atoms with E-state index in [0.29, 0.717) is 36.4 Å². The quantitative estimate of drug-likeness (QED) is 0.881. The molecule has 0 unspecified atom stereocenters. The highest BCUT2D eigenvalue weighted by Gasteiger charge is 2.24. The minimum Gasteiger partial charge on any atom is -0.497 e. The number of likely N-dealkylation sites (tertiary alicyclic amines) is 1. The summed E-state index contributed by atoms with van der Waals surface area (Å²) in [5.41, 5.74) is 2.51. The summed E-state index contributed by atoms with van der Waals surface area (Å²) >= 11 is 0. The van der Waals surface area contributed by atoms with Gasteiger partial charge in [0.1, 0.15) is 11.5 Å². The van der Waals surface area contributed by atoms with Crippen LogP contribution >= 0.6 is 0 Å². The van der Waals surface area contributed by atoms with Gasteiger partial charge in [0.25, 0.3) is 5.91 Å². The molecule has 1 N–H and O–H groups in total. The Morgan fingerprint density at radius 3 is 2.22 bits per heavy atom. The van der Waals surface area contributed by atoms with E-state index >= 15 is 0 Å². The molecule has 142 valence electrons. The molecule has 1 aliphatic rings. The lowest BCUT2D eigenvalue weighted by Gasteiger charge is -2.30. The third-order valence-corrected chi connectivity index (χ3v) is 4.79. The number of ether oxygens (including phenoxy) is 2. The molecule has 1 fully saturated rings. The van der Waals surface area contributed by atoms with E-state index in [1.54, 1.807) is 38.3 Å². The van der Waals surface area contributed by atoms with Crippen LogP contribution in [-0.4, -0.2) is 50.6 Å². The first-order valence-electron chi connectivity index (χ1n) is 8.88. The highest BCUT2D eigenvalue weighted by atomic mass is 16.5. The van der Waals surface area contributed by atoms with Crippen molar-refractivity contribution in [2.45, 2.75) is 18.9 Å². The highest BCUT2D eigenvalue weighted by Crippen LogP contribution is 2.29. The lowest BCUT2D eigenvalue weighted by atomic mass is 10.0. The van der Waals surface area contributed by atoms with Gasteiger partial charge in [0.2, 0.25) is 5.91 Å². The molecule has 0 radical (unpaired) electrons. The van der Waals surface area contributed by atoms with Gasteiger partial charge < -0.3 is 19.7 Å². The molecule has 3 rings (SSSR count). The number of hydrogen-bond donors (Lipinski definition) is 1. The van der Waals surface area contributed by atoms with Crippen molar-refractivity contribution in [1.82, 2.24) is 10.2 Å². The van der Waals surface area contributed by atoms with Crippen molar-refractivity contribution < 1.29 is 19.1 Å². The molecule has 0 bridgehead atoms. The molecule has 0 saturated carbocycles. The molecule has 27 heavy (non-hydrogen) atoms. The van der Waals surface area contributed by atoms with Crippen LogP contribution in [0.4, 0.5) is 0 Å². The first kappa shape index (κ1) is 18.8. The van der Waals surface area contributed by atoms with Crippen molar-refractivity contribution in [3.8, 4) is 22.6 Å². The van der Waals surface area contributed by atoms with E-state index in [1.165, 1.54) is 0 Å². The number of rotatable bonds is 5. The zero-order chi connectivity index (χ0) is 19.4. The molecule has 1 atom stereocenters. The van der Waals surface area contributed by atoms with Gasteiger partial charge in [-0.15, -0.1) is 0 Å². The Morgan fingerprint density at radius 1 is 1.04 bits per heavy atom. The number of amides is 2. The van der Waals surface area contributed by atoms with E-state index in [4.69, 9.17) is 9.47 Å².